The van der Waals surface area contributed by atoms with Crippen LogP contribution in [0.2, 0.25) is 0 Å². The van der Waals surface area contributed by atoms with Crippen LogP contribution in [0, 0.1) is 69.0 Å². The molecule has 5 atom stereocenters. The highest BCUT2D eigenvalue weighted by atomic mass is 16.1. The molecular weight excluding hydrogens is 312 g/mol. The number of nitrogens with zero attached hydrogens (tertiary/aromatic N) is 2. The lowest BCUT2D eigenvalue weighted by Crippen LogP contribution is -2.57. The van der Waals surface area contributed by atoms with Crippen molar-refractivity contribution in [3.05, 3.63) is 11.6 Å². The van der Waals surface area contributed by atoms with Crippen LogP contribution in [0.5, 0.6) is 0 Å². The predicted molar refractivity (Wildman–Crippen MR) is 91.4 cm³/mol. The minimum absolute atomic E-state index is 0.0108. The molecule has 2 fully saturated rings. The monoisotopic (exact) mass is 334 g/mol. The SMILES string of the molecule is C#C[C@@]12CC[C@H]3C(C)(C)C(=O)C(C#N)C[C@]3(C)C1=CC(=O)C(C#N)C2. The fourth-order valence-corrected chi connectivity index (χ4v) is 5.75. The summed E-state index contributed by atoms with van der Waals surface area (Å²) in [6.07, 6.45) is 9.67. The summed E-state index contributed by atoms with van der Waals surface area (Å²) in [6, 6.07) is 4.24. The van der Waals surface area contributed by atoms with Gasteiger partial charge < -0.3 is 0 Å². The molecule has 4 nitrogen and oxygen atoms in total. The van der Waals surface area contributed by atoms with E-state index in [0.29, 0.717) is 19.3 Å². The number of rotatable bonds is 0. The Balaban J connectivity index is 2.20. The second-order valence-electron chi connectivity index (χ2n) is 8.55. The van der Waals surface area contributed by atoms with Crippen molar-refractivity contribution < 1.29 is 9.59 Å². The van der Waals surface area contributed by atoms with Crippen molar-refractivity contribution in [3.63, 3.8) is 0 Å². The molecule has 25 heavy (non-hydrogen) atoms. The van der Waals surface area contributed by atoms with Gasteiger partial charge in [0.1, 0.15) is 11.8 Å². The lowest BCUT2D eigenvalue weighted by Gasteiger charge is -2.60. The summed E-state index contributed by atoms with van der Waals surface area (Å²) in [6.45, 7) is 5.87. The normalized spacial score (nSPS) is 42.1. The van der Waals surface area contributed by atoms with Crippen LogP contribution in [-0.2, 0) is 9.59 Å². The first-order valence-corrected chi connectivity index (χ1v) is 8.74. The third-order valence-corrected chi connectivity index (χ3v) is 6.98. The highest BCUT2D eigenvalue weighted by molar-refractivity contribution is 5.96. The average molecular weight is 334 g/mol. The number of fused-ring (bicyclic) bond motifs is 3. The second-order valence-corrected chi connectivity index (χ2v) is 8.55. The molecule has 0 N–H and O–H groups in total. The first-order chi connectivity index (χ1) is 11.7. The van der Waals surface area contributed by atoms with Crippen molar-refractivity contribution in [1.82, 2.24) is 0 Å². The standard InChI is InChI=1S/C21H22N2O2/c1-5-21-7-6-16-19(2,3)18(25)14(12-23)9-20(16,4)17(21)8-15(24)13(10-21)11-22/h1,8,13-14,16H,6-7,9-10H2,2-4H3/t13?,14?,16-,20-,21-/m0/s1. The smallest absolute Gasteiger partial charge is 0.172 e. The Morgan fingerprint density at radius 1 is 1.12 bits per heavy atom. The number of Topliss-reactive ketones (excluding diaryl/α,β-unsaturated/α-hetero) is 1. The van der Waals surface area contributed by atoms with E-state index in [0.717, 1.165) is 12.0 Å². The van der Waals surface area contributed by atoms with Crippen LogP contribution >= 0.6 is 0 Å². The lowest BCUT2D eigenvalue weighted by atomic mass is 9.42. The molecule has 0 radical (unpaired) electrons. The number of carbonyl (C=O) groups excluding carboxylic acids is 2. The highest BCUT2D eigenvalue weighted by Crippen LogP contribution is 2.66. The zero-order valence-electron chi connectivity index (χ0n) is 14.9. The fourth-order valence-electron chi connectivity index (χ4n) is 5.75. The van der Waals surface area contributed by atoms with Gasteiger partial charge in [0.2, 0.25) is 0 Å². The molecule has 4 heteroatoms. The first-order valence-electron chi connectivity index (χ1n) is 8.74. The van der Waals surface area contributed by atoms with Crippen LogP contribution in [0.4, 0.5) is 0 Å². The zero-order chi connectivity index (χ0) is 18.6. The maximum Gasteiger partial charge on any atom is 0.172 e. The van der Waals surface area contributed by atoms with E-state index in [1.807, 2.05) is 20.8 Å². The summed E-state index contributed by atoms with van der Waals surface area (Å²) in [5.74, 6) is 1.33. The third kappa shape index (κ3) is 2.12. The summed E-state index contributed by atoms with van der Waals surface area (Å²) in [7, 11) is 0. The van der Waals surface area contributed by atoms with Crippen LogP contribution in [0.1, 0.15) is 46.5 Å². The van der Waals surface area contributed by atoms with Gasteiger partial charge in [-0.3, -0.25) is 9.59 Å². The van der Waals surface area contributed by atoms with E-state index in [4.69, 9.17) is 6.42 Å². The van der Waals surface area contributed by atoms with Crippen molar-refractivity contribution in [1.29, 1.82) is 10.5 Å². The number of allylic oxidation sites excluding steroid dienone is 2. The molecule has 3 aliphatic carbocycles. The predicted octanol–water partition coefficient (Wildman–Crippen LogP) is 3.20. The number of terminal acetylenes is 1. The Labute approximate surface area is 148 Å². The molecule has 0 aromatic carbocycles. The Morgan fingerprint density at radius 3 is 2.32 bits per heavy atom. The van der Waals surface area contributed by atoms with Gasteiger partial charge in [-0.2, -0.15) is 10.5 Å². The molecule has 0 aromatic heterocycles. The number of ketones is 2. The molecule has 128 valence electrons. The van der Waals surface area contributed by atoms with Gasteiger partial charge in [0.25, 0.3) is 0 Å². The van der Waals surface area contributed by atoms with Gasteiger partial charge in [0.05, 0.1) is 17.6 Å². The number of hydrogen-bond acceptors (Lipinski definition) is 4. The molecule has 3 aliphatic rings. The van der Waals surface area contributed by atoms with Crippen molar-refractivity contribution >= 4 is 11.6 Å². The van der Waals surface area contributed by atoms with Crippen molar-refractivity contribution in [2.75, 3.05) is 0 Å². The van der Waals surface area contributed by atoms with Crippen LogP contribution < -0.4 is 0 Å². The van der Waals surface area contributed by atoms with E-state index >= 15 is 0 Å². The van der Waals surface area contributed by atoms with E-state index in [1.165, 1.54) is 0 Å². The molecule has 0 bridgehead atoms. The molecule has 2 unspecified atom stereocenters. The van der Waals surface area contributed by atoms with Crippen molar-refractivity contribution in [3.8, 4) is 24.5 Å². The molecule has 0 amide bonds. The highest BCUT2D eigenvalue weighted by Gasteiger charge is 2.62. The number of carbonyl (C=O) groups is 2. The van der Waals surface area contributed by atoms with Gasteiger partial charge >= 0.3 is 0 Å². The minimum Gasteiger partial charge on any atom is -0.298 e. The van der Waals surface area contributed by atoms with Crippen molar-refractivity contribution in [2.24, 2.45) is 34.0 Å². The topological polar surface area (TPSA) is 81.7 Å². The summed E-state index contributed by atoms with van der Waals surface area (Å²) in [5.41, 5.74) is -0.852. The van der Waals surface area contributed by atoms with E-state index < -0.39 is 28.1 Å². The zero-order valence-corrected chi connectivity index (χ0v) is 14.9. The van der Waals surface area contributed by atoms with Crippen LogP contribution in [-0.4, -0.2) is 11.6 Å². The quantitative estimate of drug-likeness (QED) is 0.637. The van der Waals surface area contributed by atoms with Gasteiger partial charge in [-0.05, 0) is 48.7 Å². The van der Waals surface area contributed by atoms with Gasteiger partial charge in [-0.1, -0.05) is 26.7 Å². The summed E-state index contributed by atoms with van der Waals surface area (Å²) >= 11 is 0. The summed E-state index contributed by atoms with van der Waals surface area (Å²) in [4.78, 5) is 25.2. The summed E-state index contributed by atoms with van der Waals surface area (Å²) in [5, 5.41) is 18.8. The molecule has 0 heterocycles. The van der Waals surface area contributed by atoms with Gasteiger partial charge in [-0.25, -0.2) is 0 Å². The minimum atomic E-state index is -0.704. The number of hydrogen-bond donors (Lipinski definition) is 0. The average Bonchev–Trinajstić information content (AvgIpc) is 2.58. The van der Waals surface area contributed by atoms with Gasteiger partial charge in [0, 0.05) is 5.41 Å². The van der Waals surface area contributed by atoms with E-state index in [2.05, 4.69) is 18.1 Å². The second kappa shape index (κ2) is 5.31. The largest absolute Gasteiger partial charge is 0.298 e. The molecule has 0 aliphatic heterocycles. The third-order valence-electron chi connectivity index (χ3n) is 6.98. The Bertz CT molecular complexity index is 816. The summed E-state index contributed by atoms with van der Waals surface area (Å²) < 4.78 is 0. The fraction of sp³-hybridized carbons (Fsp3) is 0.619. The maximum atomic E-state index is 12.8. The molecule has 0 saturated heterocycles. The van der Waals surface area contributed by atoms with E-state index in [9.17, 15) is 20.1 Å². The van der Waals surface area contributed by atoms with Crippen LogP contribution in [0.3, 0.4) is 0 Å². The van der Waals surface area contributed by atoms with Gasteiger partial charge in [0.15, 0.2) is 11.6 Å². The Hall–Kier alpha value is -2.38. The molecular formula is C21H22N2O2. The van der Waals surface area contributed by atoms with Crippen molar-refractivity contribution in [2.45, 2.75) is 46.5 Å². The molecule has 2 saturated carbocycles. The molecule has 3 rings (SSSR count). The maximum absolute atomic E-state index is 12.8. The number of nitriles is 2. The Morgan fingerprint density at radius 2 is 1.76 bits per heavy atom. The Kier molecular flexibility index (Phi) is 3.70. The first kappa shape index (κ1) is 17.4. The van der Waals surface area contributed by atoms with Crippen LogP contribution in [0.25, 0.3) is 0 Å². The lowest BCUT2D eigenvalue weighted by molar-refractivity contribution is -0.145. The van der Waals surface area contributed by atoms with Gasteiger partial charge in [-0.15, -0.1) is 6.42 Å². The molecule has 0 spiro atoms. The molecule has 0 aromatic rings. The van der Waals surface area contributed by atoms with Crippen LogP contribution in [0.15, 0.2) is 11.6 Å². The van der Waals surface area contributed by atoms with E-state index in [-0.39, 0.29) is 17.5 Å². The van der Waals surface area contributed by atoms with E-state index in [1.54, 1.807) is 6.08 Å².